The zero-order valence-corrected chi connectivity index (χ0v) is 17.6. The first-order chi connectivity index (χ1) is 14.4. The Bertz CT molecular complexity index is 1010. The molecule has 2 amide bonds. The highest BCUT2D eigenvalue weighted by Crippen LogP contribution is 2.18. The molecule has 1 heterocycles. The van der Waals surface area contributed by atoms with E-state index in [2.05, 4.69) is 10.6 Å². The maximum absolute atomic E-state index is 12.8. The minimum absolute atomic E-state index is 0.00914. The summed E-state index contributed by atoms with van der Waals surface area (Å²) in [7, 11) is -3.85. The van der Waals surface area contributed by atoms with Crippen molar-refractivity contribution in [2.24, 2.45) is 0 Å². The normalized spacial score (nSPS) is 14.9. The van der Waals surface area contributed by atoms with Crippen LogP contribution in [0.2, 0.25) is 0 Å². The molecule has 0 aromatic heterocycles. The number of nitrogens with one attached hydrogen (secondary N) is 2. The van der Waals surface area contributed by atoms with Crippen LogP contribution in [0.4, 0.5) is 0 Å². The standard InChI is InChI=1S/C21H25N3O5S/c1-2-29-15-17-8-6-16(7-9-17)13-23-21(26)18-4-3-5-19(12-18)30(27,28)24-11-10-22-20(25)14-24/h3-9,12H,2,10-11,13-15H2,1H3,(H,22,25)(H,23,26). The van der Waals surface area contributed by atoms with Gasteiger partial charge in [0.15, 0.2) is 0 Å². The van der Waals surface area contributed by atoms with Crippen LogP contribution < -0.4 is 10.6 Å². The lowest BCUT2D eigenvalue weighted by atomic mass is 10.1. The van der Waals surface area contributed by atoms with Crippen molar-refractivity contribution in [1.82, 2.24) is 14.9 Å². The summed E-state index contributed by atoms with van der Waals surface area (Å²) < 4.78 is 32.1. The van der Waals surface area contributed by atoms with Gasteiger partial charge in [0, 0.05) is 31.8 Å². The Hall–Kier alpha value is -2.75. The third kappa shape index (κ3) is 5.44. The van der Waals surface area contributed by atoms with E-state index in [1.54, 1.807) is 6.07 Å². The predicted octanol–water partition coefficient (Wildman–Crippen LogP) is 1.27. The van der Waals surface area contributed by atoms with E-state index < -0.39 is 10.0 Å². The van der Waals surface area contributed by atoms with E-state index in [4.69, 9.17) is 4.74 Å². The van der Waals surface area contributed by atoms with Crippen molar-refractivity contribution in [2.45, 2.75) is 25.0 Å². The first kappa shape index (κ1) is 21.9. The molecule has 1 saturated heterocycles. The summed E-state index contributed by atoms with van der Waals surface area (Å²) in [6.45, 7) is 3.69. The summed E-state index contributed by atoms with van der Waals surface area (Å²) in [6.07, 6.45) is 0. The number of hydrogen-bond acceptors (Lipinski definition) is 5. The van der Waals surface area contributed by atoms with Gasteiger partial charge in [-0.15, -0.1) is 0 Å². The summed E-state index contributed by atoms with van der Waals surface area (Å²) in [5, 5.41) is 5.40. The van der Waals surface area contributed by atoms with Gasteiger partial charge in [0.2, 0.25) is 15.9 Å². The third-order valence-electron chi connectivity index (χ3n) is 4.69. The number of carbonyl (C=O) groups excluding carboxylic acids is 2. The zero-order chi connectivity index (χ0) is 21.6. The van der Waals surface area contributed by atoms with Crippen molar-refractivity contribution in [3.05, 3.63) is 65.2 Å². The molecule has 0 unspecified atom stereocenters. The van der Waals surface area contributed by atoms with Crippen LogP contribution in [0.25, 0.3) is 0 Å². The van der Waals surface area contributed by atoms with Crippen LogP contribution in [0.15, 0.2) is 53.4 Å². The summed E-state index contributed by atoms with van der Waals surface area (Å²) in [4.78, 5) is 24.1. The second kappa shape index (κ2) is 9.84. The van der Waals surface area contributed by atoms with Crippen molar-refractivity contribution in [3.8, 4) is 0 Å². The van der Waals surface area contributed by atoms with Gasteiger partial charge >= 0.3 is 0 Å². The molecule has 2 aromatic rings. The van der Waals surface area contributed by atoms with Gasteiger partial charge < -0.3 is 15.4 Å². The quantitative estimate of drug-likeness (QED) is 0.655. The highest BCUT2D eigenvalue weighted by Gasteiger charge is 2.29. The van der Waals surface area contributed by atoms with Crippen molar-refractivity contribution in [3.63, 3.8) is 0 Å². The monoisotopic (exact) mass is 431 g/mol. The molecule has 30 heavy (non-hydrogen) atoms. The lowest BCUT2D eigenvalue weighted by Crippen LogP contribution is -2.49. The summed E-state index contributed by atoms with van der Waals surface area (Å²) >= 11 is 0. The number of rotatable bonds is 8. The van der Waals surface area contributed by atoms with Gasteiger partial charge in [-0.2, -0.15) is 4.31 Å². The molecule has 0 bridgehead atoms. The largest absolute Gasteiger partial charge is 0.377 e. The summed E-state index contributed by atoms with van der Waals surface area (Å²) in [6, 6.07) is 13.6. The number of nitrogens with zero attached hydrogens (tertiary/aromatic N) is 1. The molecule has 3 rings (SSSR count). The highest BCUT2D eigenvalue weighted by atomic mass is 32.2. The number of amides is 2. The molecule has 0 aliphatic carbocycles. The predicted molar refractivity (Wildman–Crippen MR) is 111 cm³/mol. The summed E-state index contributed by atoms with van der Waals surface area (Å²) in [5.41, 5.74) is 2.22. The maximum atomic E-state index is 12.8. The van der Waals surface area contributed by atoms with E-state index in [-0.39, 0.29) is 41.9 Å². The number of hydrogen-bond donors (Lipinski definition) is 2. The van der Waals surface area contributed by atoms with Crippen molar-refractivity contribution in [2.75, 3.05) is 26.2 Å². The van der Waals surface area contributed by atoms with Crippen LogP contribution in [-0.2, 0) is 32.7 Å². The van der Waals surface area contributed by atoms with Gasteiger partial charge in [0.25, 0.3) is 5.91 Å². The van der Waals surface area contributed by atoms with Crippen LogP contribution in [0, 0.1) is 0 Å². The lowest BCUT2D eigenvalue weighted by Gasteiger charge is -2.26. The van der Waals surface area contributed by atoms with Crippen LogP contribution in [-0.4, -0.2) is 50.8 Å². The number of ether oxygens (including phenoxy) is 1. The van der Waals surface area contributed by atoms with E-state index in [1.165, 1.54) is 18.2 Å². The smallest absolute Gasteiger partial charge is 0.251 e. The van der Waals surface area contributed by atoms with Crippen molar-refractivity contribution < 1.29 is 22.7 Å². The van der Waals surface area contributed by atoms with E-state index in [9.17, 15) is 18.0 Å². The third-order valence-corrected chi connectivity index (χ3v) is 6.53. The van der Waals surface area contributed by atoms with Gasteiger partial charge in [0.05, 0.1) is 18.0 Å². The molecular weight excluding hydrogens is 406 g/mol. The minimum Gasteiger partial charge on any atom is -0.377 e. The molecular formula is C21H25N3O5S. The maximum Gasteiger partial charge on any atom is 0.251 e. The zero-order valence-electron chi connectivity index (χ0n) is 16.8. The molecule has 0 radical (unpaired) electrons. The van der Waals surface area contributed by atoms with Crippen LogP contribution in [0.1, 0.15) is 28.4 Å². The van der Waals surface area contributed by atoms with Gasteiger partial charge in [0.1, 0.15) is 0 Å². The van der Waals surface area contributed by atoms with E-state index in [1.807, 2.05) is 31.2 Å². The first-order valence-corrected chi connectivity index (χ1v) is 11.1. The number of benzene rings is 2. The Morgan fingerprint density at radius 2 is 1.90 bits per heavy atom. The van der Waals surface area contributed by atoms with Gasteiger partial charge in [-0.1, -0.05) is 30.3 Å². The van der Waals surface area contributed by atoms with E-state index in [0.29, 0.717) is 19.8 Å². The number of piperazine rings is 1. The topological polar surface area (TPSA) is 105 Å². The van der Waals surface area contributed by atoms with Crippen LogP contribution in [0.5, 0.6) is 0 Å². The Morgan fingerprint density at radius 3 is 2.60 bits per heavy atom. The fourth-order valence-electron chi connectivity index (χ4n) is 3.02. The molecule has 0 spiro atoms. The highest BCUT2D eigenvalue weighted by molar-refractivity contribution is 7.89. The molecule has 0 atom stereocenters. The lowest BCUT2D eigenvalue weighted by molar-refractivity contribution is -0.122. The van der Waals surface area contributed by atoms with E-state index in [0.717, 1.165) is 15.4 Å². The Labute approximate surface area is 176 Å². The molecule has 0 saturated carbocycles. The van der Waals surface area contributed by atoms with Crippen LogP contribution >= 0.6 is 0 Å². The van der Waals surface area contributed by atoms with Crippen LogP contribution in [0.3, 0.4) is 0 Å². The average molecular weight is 432 g/mol. The minimum atomic E-state index is -3.85. The van der Waals surface area contributed by atoms with Gasteiger partial charge in [-0.05, 0) is 36.2 Å². The second-order valence-electron chi connectivity index (χ2n) is 6.85. The molecule has 9 heteroatoms. The first-order valence-electron chi connectivity index (χ1n) is 9.71. The van der Waals surface area contributed by atoms with Gasteiger partial charge in [-0.25, -0.2) is 8.42 Å². The molecule has 160 valence electrons. The fourth-order valence-corrected chi connectivity index (χ4v) is 4.47. The van der Waals surface area contributed by atoms with Gasteiger partial charge in [-0.3, -0.25) is 9.59 Å². The molecule has 1 aliphatic rings. The molecule has 1 fully saturated rings. The number of carbonyl (C=O) groups is 2. The molecule has 8 nitrogen and oxygen atoms in total. The molecule has 1 aliphatic heterocycles. The molecule has 2 N–H and O–H groups in total. The average Bonchev–Trinajstić information content (AvgIpc) is 2.77. The molecule has 2 aromatic carbocycles. The fraction of sp³-hybridized carbons (Fsp3) is 0.333. The Kier molecular flexibility index (Phi) is 7.20. The SMILES string of the molecule is CCOCc1ccc(CNC(=O)c2cccc(S(=O)(=O)N3CCNC(=O)C3)c2)cc1. The summed E-state index contributed by atoms with van der Waals surface area (Å²) in [5.74, 6) is -0.715. The van der Waals surface area contributed by atoms with Crippen molar-refractivity contribution in [1.29, 1.82) is 0 Å². The van der Waals surface area contributed by atoms with E-state index >= 15 is 0 Å². The van der Waals surface area contributed by atoms with Crippen molar-refractivity contribution >= 4 is 21.8 Å². The number of sulfonamides is 1. The Morgan fingerprint density at radius 1 is 1.17 bits per heavy atom. The second-order valence-corrected chi connectivity index (χ2v) is 8.79. The Balaban J connectivity index is 1.65.